The smallest absolute Gasteiger partial charge is 0.0730 e. The van der Waals surface area contributed by atoms with Crippen molar-refractivity contribution in [2.45, 2.75) is 70.1 Å². The molecule has 5 unspecified atom stereocenters. The van der Waals surface area contributed by atoms with Crippen LogP contribution in [0.25, 0.3) is 0 Å². The zero-order valence-corrected chi connectivity index (χ0v) is 12.3. The van der Waals surface area contributed by atoms with Gasteiger partial charge in [0.15, 0.2) is 0 Å². The van der Waals surface area contributed by atoms with Crippen LogP contribution in [-0.2, 0) is 4.74 Å². The Morgan fingerprint density at radius 2 is 2.00 bits per heavy atom. The zero-order chi connectivity index (χ0) is 13.2. The number of aliphatic hydroxyl groups excluding tert-OH is 1. The number of hydrogen-bond donors (Lipinski definition) is 1. The van der Waals surface area contributed by atoms with Crippen LogP contribution >= 0.6 is 0 Å². The highest BCUT2D eigenvalue weighted by Crippen LogP contribution is 2.33. The third-order valence-corrected chi connectivity index (χ3v) is 5.52. The topological polar surface area (TPSA) is 32.7 Å². The molecule has 5 atom stereocenters. The van der Waals surface area contributed by atoms with E-state index in [2.05, 4.69) is 11.8 Å². The summed E-state index contributed by atoms with van der Waals surface area (Å²) in [6.45, 7) is 5.38. The van der Waals surface area contributed by atoms with E-state index < -0.39 is 0 Å². The Bertz CT molecular complexity index is 294. The van der Waals surface area contributed by atoms with Crippen molar-refractivity contribution in [3.8, 4) is 0 Å². The molecule has 19 heavy (non-hydrogen) atoms. The van der Waals surface area contributed by atoms with Crippen LogP contribution in [0, 0.1) is 11.8 Å². The molecule has 3 heteroatoms. The van der Waals surface area contributed by atoms with Gasteiger partial charge in [0.1, 0.15) is 0 Å². The van der Waals surface area contributed by atoms with Gasteiger partial charge in [0, 0.05) is 19.1 Å². The van der Waals surface area contributed by atoms with Crippen molar-refractivity contribution in [1.29, 1.82) is 0 Å². The summed E-state index contributed by atoms with van der Waals surface area (Å²) >= 11 is 0. The lowest BCUT2D eigenvalue weighted by atomic mass is 9.79. The van der Waals surface area contributed by atoms with Crippen molar-refractivity contribution in [2.24, 2.45) is 11.8 Å². The average molecular weight is 267 g/mol. The lowest BCUT2D eigenvalue weighted by Gasteiger charge is -2.46. The molecular formula is C16H29NO2. The Morgan fingerprint density at radius 3 is 2.89 bits per heavy atom. The van der Waals surface area contributed by atoms with Crippen LogP contribution in [0.3, 0.4) is 0 Å². The molecule has 0 spiro atoms. The Morgan fingerprint density at radius 1 is 1.16 bits per heavy atom. The molecule has 110 valence electrons. The highest BCUT2D eigenvalue weighted by atomic mass is 16.5. The van der Waals surface area contributed by atoms with E-state index >= 15 is 0 Å². The maximum Gasteiger partial charge on any atom is 0.0730 e. The normalized spacial score (nSPS) is 44.8. The predicted octanol–water partition coefficient (Wildman–Crippen LogP) is 2.43. The Hall–Kier alpha value is -0.120. The zero-order valence-electron chi connectivity index (χ0n) is 12.3. The quantitative estimate of drug-likeness (QED) is 0.834. The van der Waals surface area contributed by atoms with E-state index in [1.165, 1.54) is 38.5 Å². The van der Waals surface area contributed by atoms with E-state index in [0.29, 0.717) is 18.1 Å². The van der Waals surface area contributed by atoms with Gasteiger partial charge in [-0.25, -0.2) is 0 Å². The Labute approximate surface area is 117 Å². The van der Waals surface area contributed by atoms with E-state index in [1.54, 1.807) is 0 Å². The van der Waals surface area contributed by atoms with Crippen LogP contribution in [0.2, 0.25) is 0 Å². The van der Waals surface area contributed by atoms with Gasteiger partial charge < -0.3 is 9.84 Å². The Kier molecular flexibility index (Phi) is 4.45. The monoisotopic (exact) mass is 267 g/mol. The standard InChI is InChI=1S/C16H29NO2/c1-12-6-7-15(18)13(10-12)11-17-8-9-19-16-5-3-2-4-14(16)17/h12-16,18H,2-11H2,1H3. The molecule has 0 aromatic heterocycles. The van der Waals surface area contributed by atoms with Gasteiger partial charge in [-0.2, -0.15) is 0 Å². The number of rotatable bonds is 2. The van der Waals surface area contributed by atoms with Gasteiger partial charge in [0.25, 0.3) is 0 Å². The van der Waals surface area contributed by atoms with Crippen molar-refractivity contribution in [2.75, 3.05) is 19.7 Å². The second-order valence-corrected chi connectivity index (χ2v) is 7.00. The molecule has 3 aliphatic rings. The van der Waals surface area contributed by atoms with Crippen molar-refractivity contribution in [3.05, 3.63) is 0 Å². The number of nitrogens with zero attached hydrogens (tertiary/aromatic N) is 1. The molecule has 3 rings (SSSR count). The van der Waals surface area contributed by atoms with Crippen molar-refractivity contribution >= 4 is 0 Å². The first kappa shape index (κ1) is 13.8. The van der Waals surface area contributed by atoms with E-state index in [-0.39, 0.29) is 6.10 Å². The third kappa shape index (κ3) is 3.14. The van der Waals surface area contributed by atoms with Gasteiger partial charge in [-0.3, -0.25) is 4.90 Å². The summed E-state index contributed by atoms with van der Waals surface area (Å²) in [5.74, 6) is 1.28. The molecule has 1 saturated heterocycles. The van der Waals surface area contributed by atoms with E-state index in [0.717, 1.165) is 32.0 Å². The van der Waals surface area contributed by atoms with Gasteiger partial charge >= 0.3 is 0 Å². The summed E-state index contributed by atoms with van der Waals surface area (Å²) in [5, 5.41) is 10.3. The fourth-order valence-electron chi connectivity index (χ4n) is 4.38. The summed E-state index contributed by atoms with van der Waals surface area (Å²) in [7, 11) is 0. The van der Waals surface area contributed by atoms with Crippen LogP contribution in [0.1, 0.15) is 51.9 Å². The molecule has 0 radical (unpaired) electrons. The second kappa shape index (κ2) is 6.11. The van der Waals surface area contributed by atoms with Gasteiger partial charge in [0.2, 0.25) is 0 Å². The van der Waals surface area contributed by atoms with Crippen LogP contribution in [-0.4, -0.2) is 48.0 Å². The first-order valence-electron chi connectivity index (χ1n) is 8.27. The number of aliphatic hydroxyl groups is 1. The first-order chi connectivity index (χ1) is 9.24. The minimum absolute atomic E-state index is 0.0684. The largest absolute Gasteiger partial charge is 0.393 e. The summed E-state index contributed by atoms with van der Waals surface area (Å²) in [5.41, 5.74) is 0. The second-order valence-electron chi connectivity index (χ2n) is 7.00. The summed E-state index contributed by atoms with van der Waals surface area (Å²) < 4.78 is 5.95. The number of morpholine rings is 1. The molecule has 0 aromatic carbocycles. The summed E-state index contributed by atoms with van der Waals surface area (Å²) in [6.07, 6.45) is 9.03. The van der Waals surface area contributed by atoms with E-state index in [4.69, 9.17) is 4.74 Å². The lowest BCUT2D eigenvalue weighted by molar-refractivity contribution is -0.100. The fourth-order valence-corrected chi connectivity index (χ4v) is 4.38. The Balaban J connectivity index is 1.61. The lowest BCUT2D eigenvalue weighted by Crippen LogP contribution is -2.55. The molecule has 0 aromatic rings. The maximum absolute atomic E-state index is 10.3. The number of ether oxygens (including phenoxy) is 1. The fraction of sp³-hybridized carbons (Fsp3) is 1.00. The molecule has 2 saturated carbocycles. The predicted molar refractivity (Wildman–Crippen MR) is 76.1 cm³/mol. The van der Waals surface area contributed by atoms with Crippen LogP contribution in [0.4, 0.5) is 0 Å². The van der Waals surface area contributed by atoms with Gasteiger partial charge in [-0.15, -0.1) is 0 Å². The molecule has 1 N–H and O–H groups in total. The third-order valence-electron chi connectivity index (χ3n) is 5.52. The molecule has 2 aliphatic carbocycles. The minimum atomic E-state index is -0.0684. The molecule has 3 nitrogen and oxygen atoms in total. The average Bonchev–Trinajstić information content (AvgIpc) is 2.43. The molecule has 3 fully saturated rings. The van der Waals surface area contributed by atoms with Gasteiger partial charge in [0.05, 0.1) is 18.8 Å². The molecular weight excluding hydrogens is 238 g/mol. The van der Waals surface area contributed by atoms with Crippen molar-refractivity contribution in [3.63, 3.8) is 0 Å². The van der Waals surface area contributed by atoms with Crippen LogP contribution in [0.15, 0.2) is 0 Å². The highest BCUT2D eigenvalue weighted by Gasteiger charge is 2.37. The van der Waals surface area contributed by atoms with Crippen molar-refractivity contribution < 1.29 is 9.84 Å². The van der Waals surface area contributed by atoms with Crippen LogP contribution in [0.5, 0.6) is 0 Å². The number of fused-ring (bicyclic) bond motifs is 1. The van der Waals surface area contributed by atoms with Crippen molar-refractivity contribution in [1.82, 2.24) is 4.90 Å². The maximum atomic E-state index is 10.3. The minimum Gasteiger partial charge on any atom is -0.393 e. The van der Waals surface area contributed by atoms with Crippen LogP contribution < -0.4 is 0 Å². The summed E-state index contributed by atoms with van der Waals surface area (Å²) in [6, 6.07) is 0.631. The molecule has 1 aliphatic heterocycles. The SMILES string of the molecule is CC1CCC(O)C(CN2CCOC3CCCCC32)C1. The van der Waals surface area contributed by atoms with E-state index in [9.17, 15) is 5.11 Å². The summed E-state index contributed by atoms with van der Waals surface area (Å²) in [4.78, 5) is 2.64. The highest BCUT2D eigenvalue weighted by molar-refractivity contribution is 4.90. The molecule has 0 bridgehead atoms. The molecule has 0 amide bonds. The number of hydrogen-bond acceptors (Lipinski definition) is 3. The van der Waals surface area contributed by atoms with Gasteiger partial charge in [-0.1, -0.05) is 19.8 Å². The first-order valence-corrected chi connectivity index (χ1v) is 8.27. The van der Waals surface area contributed by atoms with E-state index in [1.807, 2.05) is 0 Å². The molecule has 1 heterocycles. The van der Waals surface area contributed by atoms with Gasteiger partial charge in [-0.05, 0) is 43.9 Å².